The van der Waals surface area contributed by atoms with Gasteiger partial charge in [0.05, 0.1) is 18.1 Å². The van der Waals surface area contributed by atoms with E-state index in [0.29, 0.717) is 6.61 Å². The van der Waals surface area contributed by atoms with Gasteiger partial charge in [-0.15, -0.1) is 0 Å². The first kappa shape index (κ1) is 11.6. The third-order valence-corrected chi connectivity index (χ3v) is 3.30. The molecule has 16 heavy (non-hydrogen) atoms. The van der Waals surface area contributed by atoms with Crippen LogP contribution in [0.5, 0.6) is 0 Å². The van der Waals surface area contributed by atoms with Crippen molar-refractivity contribution in [3.05, 3.63) is 28.5 Å². The van der Waals surface area contributed by atoms with E-state index in [1.807, 2.05) is 12.3 Å². The van der Waals surface area contributed by atoms with Crippen LogP contribution < -0.4 is 0 Å². The molecule has 0 saturated carbocycles. The molecule has 4 heteroatoms. The number of aromatic nitrogens is 1. The summed E-state index contributed by atoms with van der Waals surface area (Å²) < 4.78 is 6.38. The number of pyridine rings is 1. The fraction of sp³-hybridized carbons (Fsp3) is 0.500. The number of hydrogen-bond donors (Lipinski definition) is 0. The van der Waals surface area contributed by atoms with Gasteiger partial charge >= 0.3 is 0 Å². The first-order valence-electron chi connectivity index (χ1n) is 5.33. The van der Waals surface area contributed by atoms with Gasteiger partial charge in [-0.1, -0.05) is 0 Å². The molecule has 1 aromatic heterocycles. The lowest BCUT2D eigenvalue weighted by molar-refractivity contribution is 0.0223. The Morgan fingerprint density at radius 1 is 1.56 bits per heavy atom. The zero-order valence-corrected chi connectivity index (χ0v) is 10.5. The van der Waals surface area contributed by atoms with Crippen molar-refractivity contribution in [1.82, 2.24) is 4.98 Å². The summed E-state index contributed by atoms with van der Waals surface area (Å²) in [4.78, 5) is 4.12. The molecule has 84 valence electrons. The average Bonchev–Trinajstić information content (AvgIpc) is 2.30. The fourth-order valence-corrected chi connectivity index (χ4v) is 2.47. The minimum absolute atomic E-state index is 0.360. The molecule has 1 saturated heterocycles. The Balaban J connectivity index is 2.15. The standard InChI is InChI=1S/C12H13BrN2O/c13-11-4-10(6-15-7-11)5-12(8-14)2-1-3-16-9-12/h4,6-7H,1-3,5,9H2. The summed E-state index contributed by atoms with van der Waals surface area (Å²) in [7, 11) is 0. The third kappa shape index (κ3) is 2.60. The van der Waals surface area contributed by atoms with E-state index in [2.05, 4.69) is 27.0 Å². The highest BCUT2D eigenvalue weighted by atomic mass is 79.9. The van der Waals surface area contributed by atoms with Gasteiger partial charge in [0.25, 0.3) is 0 Å². The largest absolute Gasteiger partial charge is 0.380 e. The van der Waals surface area contributed by atoms with Crippen molar-refractivity contribution in [3.8, 4) is 6.07 Å². The Hall–Kier alpha value is -0.920. The van der Waals surface area contributed by atoms with E-state index in [1.165, 1.54) is 0 Å². The van der Waals surface area contributed by atoms with Gasteiger partial charge in [0.1, 0.15) is 0 Å². The van der Waals surface area contributed by atoms with Crippen LogP contribution in [0.4, 0.5) is 0 Å². The monoisotopic (exact) mass is 280 g/mol. The highest BCUT2D eigenvalue weighted by Crippen LogP contribution is 2.32. The van der Waals surface area contributed by atoms with Gasteiger partial charge in [0, 0.05) is 23.5 Å². The second-order valence-electron chi connectivity index (χ2n) is 4.24. The van der Waals surface area contributed by atoms with Crippen molar-refractivity contribution in [2.75, 3.05) is 13.2 Å². The van der Waals surface area contributed by atoms with Gasteiger partial charge in [-0.3, -0.25) is 4.98 Å². The summed E-state index contributed by atoms with van der Waals surface area (Å²) >= 11 is 3.39. The summed E-state index contributed by atoms with van der Waals surface area (Å²) in [6, 6.07) is 4.43. The molecule has 1 aromatic rings. The van der Waals surface area contributed by atoms with E-state index in [-0.39, 0.29) is 5.41 Å². The molecule has 1 atom stereocenters. The van der Waals surface area contributed by atoms with Crippen molar-refractivity contribution in [2.45, 2.75) is 19.3 Å². The van der Waals surface area contributed by atoms with E-state index in [0.717, 1.165) is 35.9 Å². The zero-order chi connectivity index (χ0) is 11.4. The van der Waals surface area contributed by atoms with Gasteiger partial charge in [-0.2, -0.15) is 5.26 Å². The zero-order valence-electron chi connectivity index (χ0n) is 8.95. The number of hydrogen-bond acceptors (Lipinski definition) is 3. The number of halogens is 1. The second-order valence-corrected chi connectivity index (χ2v) is 5.15. The Labute approximate surface area is 104 Å². The first-order chi connectivity index (χ1) is 7.74. The van der Waals surface area contributed by atoms with Crippen LogP contribution in [0.25, 0.3) is 0 Å². The predicted octanol–water partition coefficient (Wildman–Crippen LogP) is 2.71. The van der Waals surface area contributed by atoms with E-state index in [9.17, 15) is 5.26 Å². The SMILES string of the molecule is N#CC1(Cc2cncc(Br)c2)CCCOC1. The molecule has 1 unspecified atom stereocenters. The lowest BCUT2D eigenvalue weighted by Gasteiger charge is -2.30. The minimum Gasteiger partial charge on any atom is -0.380 e. The molecule has 0 radical (unpaired) electrons. The molecule has 1 fully saturated rings. The van der Waals surface area contributed by atoms with Crippen LogP contribution in [0.1, 0.15) is 18.4 Å². The quantitative estimate of drug-likeness (QED) is 0.837. The Morgan fingerprint density at radius 3 is 3.06 bits per heavy atom. The van der Waals surface area contributed by atoms with E-state index in [4.69, 9.17) is 4.74 Å². The molecule has 0 amide bonds. The van der Waals surface area contributed by atoms with Crippen LogP contribution in [-0.4, -0.2) is 18.2 Å². The van der Waals surface area contributed by atoms with Gasteiger partial charge in [0.2, 0.25) is 0 Å². The molecule has 0 N–H and O–H groups in total. The van der Waals surface area contributed by atoms with Crippen LogP contribution in [0.2, 0.25) is 0 Å². The van der Waals surface area contributed by atoms with E-state index < -0.39 is 0 Å². The smallest absolute Gasteiger partial charge is 0.0848 e. The molecule has 0 spiro atoms. The summed E-state index contributed by atoms with van der Waals surface area (Å²) in [6.45, 7) is 1.32. The predicted molar refractivity (Wildman–Crippen MR) is 63.7 cm³/mol. The molecule has 2 heterocycles. The maximum Gasteiger partial charge on any atom is 0.0848 e. The molecule has 1 aliphatic heterocycles. The van der Waals surface area contributed by atoms with Crippen LogP contribution in [0.3, 0.4) is 0 Å². The fourth-order valence-electron chi connectivity index (χ4n) is 2.06. The third-order valence-electron chi connectivity index (χ3n) is 2.86. The molecular weight excluding hydrogens is 268 g/mol. The van der Waals surface area contributed by atoms with Crippen LogP contribution in [0.15, 0.2) is 22.9 Å². The van der Waals surface area contributed by atoms with Crippen LogP contribution in [0, 0.1) is 16.7 Å². The molecule has 2 rings (SSSR count). The number of ether oxygens (including phenoxy) is 1. The Kier molecular flexibility index (Phi) is 3.57. The number of nitrogens with zero attached hydrogens (tertiary/aromatic N) is 2. The summed E-state index contributed by atoms with van der Waals surface area (Å²) in [6.07, 6.45) is 6.17. The second kappa shape index (κ2) is 4.94. The van der Waals surface area contributed by atoms with Crippen molar-refractivity contribution in [2.24, 2.45) is 5.41 Å². The van der Waals surface area contributed by atoms with Crippen molar-refractivity contribution >= 4 is 15.9 Å². The van der Waals surface area contributed by atoms with Gasteiger partial charge in [0.15, 0.2) is 0 Å². The maximum atomic E-state index is 9.31. The highest BCUT2D eigenvalue weighted by molar-refractivity contribution is 9.10. The Morgan fingerprint density at radius 2 is 2.44 bits per heavy atom. The summed E-state index contributed by atoms with van der Waals surface area (Å²) in [5.74, 6) is 0. The lowest BCUT2D eigenvalue weighted by atomic mass is 9.79. The molecule has 0 bridgehead atoms. The minimum atomic E-state index is -0.360. The number of nitriles is 1. The lowest BCUT2D eigenvalue weighted by Crippen LogP contribution is -2.32. The van der Waals surface area contributed by atoms with E-state index in [1.54, 1.807) is 6.20 Å². The topological polar surface area (TPSA) is 45.9 Å². The first-order valence-corrected chi connectivity index (χ1v) is 6.12. The highest BCUT2D eigenvalue weighted by Gasteiger charge is 2.33. The van der Waals surface area contributed by atoms with Gasteiger partial charge in [-0.05, 0) is 46.8 Å². The van der Waals surface area contributed by atoms with E-state index >= 15 is 0 Å². The number of rotatable bonds is 2. The molecule has 0 aromatic carbocycles. The van der Waals surface area contributed by atoms with Gasteiger partial charge < -0.3 is 4.74 Å². The van der Waals surface area contributed by atoms with Crippen LogP contribution in [-0.2, 0) is 11.2 Å². The van der Waals surface area contributed by atoms with Gasteiger partial charge in [-0.25, -0.2) is 0 Å². The van der Waals surface area contributed by atoms with Crippen molar-refractivity contribution < 1.29 is 4.74 Å². The van der Waals surface area contributed by atoms with Crippen molar-refractivity contribution in [3.63, 3.8) is 0 Å². The molecule has 3 nitrogen and oxygen atoms in total. The molecule has 1 aliphatic rings. The normalized spacial score (nSPS) is 25.0. The maximum absolute atomic E-state index is 9.31. The molecular formula is C12H13BrN2O. The van der Waals surface area contributed by atoms with Crippen molar-refractivity contribution in [1.29, 1.82) is 5.26 Å². The summed E-state index contributed by atoms with van der Waals surface area (Å²) in [5, 5.41) is 9.31. The summed E-state index contributed by atoms with van der Waals surface area (Å²) in [5.41, 5.74) is 0.724. The Bertz CT molecular complexity index is 408. The van der Waals surface area contributed by atoms with Crippen LogP contribution >= 0.6 is 15.9 Å². The molecule has 0 aliphatic carbocycles. The average molecular weight is 281 g/mol.